The smallest absolute Gasteiger partial charge is 0.296 e. The number of aryl methyl sites for hydroxylation is 2. The predicted octanol–water partition coefficient (Wildman–Crippen LogP) is 6.25. The van der Waals surface area contributed by atoms with Crippen LogP contribution in [-0.2, 0) is 10.5 Å². The lowest BCUT2D eigenvalue weighted by atomic mass is 9.95. The summed E-state index contributed by atoms with van der Waals surface area (Å²) in [7, 11) is 0. The number of ketones is 1. The van der Waals surface area contributed by atoms with E-state index in [0.29, 0.717) is 43.7 Å². The van der Waals surface area contributed by atoms with Gasteiger partial charge in [-0.2, -0.15) is 0 Å². The minimum atomic E-state index is -0.903. The average Bonchev–Trinajstić information content (AvgIpc) is 3.62. The molecule has 8 nitrogen and oxygen atoms in total. The van der Waals surface area contributed by atoms with Gasteiger partial charge in [0.1, 0.15) is 12.4 Å². The van der Waals surface area contributed by atoms with E-state index in [4.69, 9.17) is 4.74 Å². The number of carbonyl (C=O) groups is 2. The third-order valence-electron chi connectivity index (χ3n) is 5.93. The number of rotatable bonds is 10. The molecular formula is C28H24N4O4S3. The quantitative estimate of drug-likeness (QED) is 0.102. The molecule has 0 fully saturated rings. The standard InChI is InChI=1S/C28H24N4O4S3/c1-4-14-36-20-12-10-19(11-13-20)22-21(23(33)25-16(2)29-17(3)38-25)24(34)26(35)32(22)27-30-31-28(39-27)37-15-18-8-6-5-7-9-18/h4-13,22,34H,1,14-15H2,2-3H3. The highest BCUT2D eigenvalue weighted by molar-refractivity contribution is 8.00. The zero-order valence-electron chi connectivity index (χ0n) is 21.2. The van der Waals surface area contributed by atoms with Crippen LogP contribution in [0.25, 0.3) is 0 Å². The molecule has 5 rings (SSSR count). The lowest BCUT2D eigenvalue weighted by Gasteiger charge is -2.24. The van der Waals surface area contributed by atoms with Crippen LogP contribution < -0.4 is 9.64 Å². The summed E-state index contributed by atoms with van der Waals surface area (Å²) in [5.74, 6) is -0.441. The average molecular weight is 577 g/mol. The number of nitrogens with zero attached hydrogens (tertiary/aromatic N) is 4. The van der Waals surface area contributed by atoms with E-state index < -0.39 is 23.5 Å². The monoisotopic (exact) mass is 576 g/mol. The highest BCUT2D eigenvalue weighted by Crippen LogP contribution is 2.44. The van der Waals surface area contributed by atoms with Gasteiger partial charge in [0.05, 0.1) is 27.2 Å². The van der Waals surface area contributed by atoms with Crippen molar-refractivity contribution >= 4 is 51.3 Å². The fourth-order valence-electron chi connectivity index (χ4n) is 4.19. The number of aliphatic hydroxyl groups is 1. The van der Waals surface area contributed by atoms with E-state index in [0.717, 1.165) is 10.6 Å². The van der Waals surface area contributed by atoms with Gasteiger partial charge in [0.2, 0.25) is 10.9 Å². The number of Topliss-reactive ketones (excluding diaryl/α,β-unsaturated/α-hetero) is 1. The first kappa shape index (κ1) is 26.8. The Balaban J connectivity index is 1.51. The predicted molar refractivity (Wildman–Crippen MR) is 154 cm³/mol. The second-order valence-electron chi connectivity index (χ2n) is 8.61. The second-order valence-corrected chi connectivity index (χ2v) is 12.0. The minimum absolute atomic E-state index is 0.0137. The molecule has 0 aliphatic carbocycles. The van der Waals surface area contributed by atoms with Crippen molar-refractivity contribution in [1.82, 2.24) is 15.2 Å². The first-order valence-electron chi connectivity index (χ1n) is 12.0. The zero-order valence-corrected chi connectivity index (χ0v) is 23.6. The van der Waals surface area contributed by atoms with E-state index in [1.165, 1.54) is 39.3 Å². The van der Waals surface area contributed by atoms with Crippen molar-refractivity contribution in [2.45, 2.75) is 30.0 Å². The summed E-state index contributed by atoms with van der Waals surface area (Å²) in [6.07, 6.45) is 1.64. The molecule has 0 bridgehead atoms. The molecule has 4 aromatic rings. The Morgan fingerprint density at radius 3 is 2.54 bits per heavy atom. The molecule has 2 aromatic heterocycles. The molecule has 1 N–H and O–H groups in total. The Labute approximate surface area is 237 Å². The van der Waals surface area contributed by atoms with Crippen LogP contribution in [0.2, 0.25) is 0 Å². The number of thioether (sulfide) groups is 1. The van der Waals surface area contributed by atoms with Gasteiger partial charge in [-0.15, -0.1) is 21.5 Å². The van der Waals surface area contributed by atoms with Gasteiger partial charge < -0.3 is 9.84 Å². The van der Waals surface area contributed by atoms with Gasteiger partial charge in [-0.1, -0.05) is 78.2 Å². The van der Waals surface area contributed by atoms with E-state index in [1.54, 1.807) is 37.3 Å². The summed E-state index contributed by atoms with van der Waals surface area (Å²) in [6, 6.07) is 16.1. The number of hydrogen-bond acceptors (Lipinski definition) is 10. The van der Waals surface area contributed by atoms with Crippen LogP contribution in [0.5, 0.6) is 5.75 Å². The van der Waals surface area contributed by atoms with Crippen molar-refractivity contribution in [3.05, 3.63) is 105 Å². The van der Waals surface area contributed by atoms with E-state index in [9.17, 15) is 14.7 Å². The molecule has 1 aliphatic rings. The number of carbonyl (C=O) groups excluding carboxylic acids is 2. The van der Waals surface area contributed by atoms with Crippen LogP contribution >= 0.6 is 34.4 Å². The molecule has 1 amide bonds. The Morgan fingerprint density at radius 1 is 1.13 bits per heavy atom. The number of aliphatic hydroxyl groups excluding tert-OH is 1. The Morgan fingerprint density at radius 2 is 1.87 bits per heavy atom. The van der Waals surface area contributed by atoms with Crippen LogP contribution in [0.4, 0.5) is 5.13 Å². The molecule has 11 heteroatoms. The molecule has 0 radical (unpaired) electrons. The highest BCUT2D eigenvalue weighted by Gasteiger charge is 2.46. The normalized spacial score (nSPS) is 15.2. The molecule has 0 spiro atoms. The van der Waals surface area contributed by atoms with Gasteiger partial charge in [-0.3, -0.25) is 14.5 Å². The van der Waals surface area contributed by atoms with Gasteiger partial charge in [-0.05, 0) is 37.1 Å². The fraction of sp³-hybridized carbons (Fsp3) is 0.179. The third-order valence-corrected chi connectivity index (χ3v) is 9.13. The molecule has 0 saturated heterocycles. The van der Waals surface area contributed by atoms with Crippen LogP contribution in [0, 0.1) is 13.8 Å². The van der Waals surface area contributed by atoms with Crippen LogP contribution in [0.3, 0.4) is 0 Å². The Kier molecular flexibility index (Phi) is 7.92. The van der Waals surface area contributed by atoms with Gasteiger partial charge in [0.25, 0.3) is 5.91 Å². The van der Waals surface area contributed by atoms with E-state index in [-0.39, 0.29) is 5.57 Å². The van der Waals surface area contributed by atoms with Crippen molar-refractivity contribution in [2.75, 3.05) is 11.5 Å². The molecular weight excluding hydrogens is 553 g/mol. The number of hydrogen-bond donors (Lipinski definition) is 1. The number of aromatic nitrogens is 3. The molecule has 1 aliphatic heterocycles. The topological polar surface area (TPSA) is 106 Å². The maximum Gasteiger partial charge on any atom is 0.296 e. The number of thiazole rings is 1. The minimum Gasteiger partial charge on any atom is -0.503 e. The second kappa shape index (κ2) is 11.5. The van der Waals surface area contributed by atoms with E-state index in [2.05, 4.69) is 21.8 Å². The summed E-state index contributed by atoms with van der Waals surface area (Å²) in [5, 5.41) is 20.6. The van der Waals surface area contributed by atoms with Crippen LogP contribution in [0.15, 0.2) is 82.9 Å². The lowest BCUT2D eigenvalue weighted by molar-refractivity contribution is -0.117. The van der Waals surface area contributed by atoms with Crippen LogP contribution in [0.1, 0.15) is 37.5 Å². The number of anilines is 1. The third kappa shape index (κ3) is 5.51. The molecule has 39 heavy (non-hydrogen) atoms. The van der Waals surface area contributed by atoms with Crippen LogP contribution in [-0.4, -0.2) is 38.6 Å². The summed E-state index contributed by atoms with van der Waals surface area (Å²) >= 11 is 3.97. The maximum atomic E-state index is 13.8. The maximum absolute atomic E-state index is 13.8. The van der Waals surface area contributed by atoms with Crippen molar-refractivity contribution in [3.63, 3.8) is 0 Å². The lowest BCUT2D eigenvalue weighted by Crippen LogP contribution is -2.31. The van der Waals surface area contributed by atoms with Gasteiger partial charge in [0, 0.05) is 5.75 Å². The first-order valence-corrected chi connectivity index (χ1v) is 14.6. The van der Waals surface area contributed by atoms with E-state index >= 15 is 0 Å². The summed E-state index contributed by atoms with van der Waals surface area (Å²) in [6.45, 7) is 7.55. The molecule has 3 heterocycles. The Hall–Kier alpha value is -3.80. The van der Waals surface area contributed by atoms with Crippen molar-refractivity contribution in [3.8, 4) is 5.75 Å². The van der Waals surface area contributed by atoms with Crippen molar-refractivity contribution < 1.29 is 19.4 Å². The molecule has 1 unspecified atom stereocenters. The molecule has 2 aromatic carbocycles. The number of benzene rings is 2. The summed E-state index contributed by atoms with van der Waals surface area (Å²) in [5.41, 5.74) is 2.29. The largest absolute Gasteiger partial charge is 0.503 e. The van der Waals surface area contributed by atoms with Crippen molar-refractivity contribution in [1.29, 1.82) is 0 Å². The first-order chi connectivity index (χ1) is 18.9. The van der Waals surface area contributed by atoms with E-state index in [1.807, 2.05) is 37.3 Å². The summed E-state index contributed by atoms with van der Waals surface area (Å²) in [4.78, 5) is 33.3. The number of ether oxygens (including phenoxy) is 1. The highest BCUT2D eigenvalue weighted by atomic mass is 32.2. The van der Waals surface area contributed by atoms with Gasteiger partial charge >= 0.3 is 0 Å². The number of amides is 1. The zero-order chi connectivity index (χ0) is 27.5. The van der Waals surface area contributed by atoms with Gasteiger partial charge in [0.15, 0.2) is 10.1 Å². The SMILES string of the molecule is C=CCOc1ccc(C2C(C(=O)c3sc(C)nc3C)=C(O)C(=O)N2c2nnc(SCc3ccccc3)s2)cc1. The fourth-order valence-corrected chi connectivity index (χ4v) is 6.89. The van der Waals surface area contributed by atoms with Gasteiger partial charge in [-0.25, -0.2) is 4.98 Å². The summed E-state index contributed by atoms with van der Waals surface area (Å²) < 4.78 is 6.27. The molecule has 1 atom stereocenters. The molecule has 198 valence electrons. The molecule has 0 saturated carbocycles. The van der Waals surface area contributed by atoms with Crippen molar-refractivity contribution in [2.24, 2.45) is 0 Å². The Bertz CT molecular complexity index is 1560.